The number of aromatic nitrogens is 1. The van der Waals surface area contributed by atoms with Gasteiger partial charge in [-0.05, 0) is 26.8 Å². The molecule has 0 atom stereocenters. The molecule has 0 bridgehead atoms. The summed E-state index contributed by atoms with van der Waals surface area (Å²) in [6, 6.07) is 3.15. The number of anilines is 1. The summed E-state index contributed by atoms with van der Waals surface area (Å²) in [5, 5.41) is 0. The number of hydrogen-bond acceptors (Lipinski definition) is 2. The fraction of sp³-hybridized carbons (Fsp3) is 0.364. The molecule has 0 radical (unpaired) electrons. The Kier molecular flexibility index (Phi) is 3.12. The molecule has 0 saturated heterocycles. The first-order chi connectivity index (χ1) is 6.52. The summed E-state index contributed by atoms with van der Waals surface area (Å²) in [7, 11) is 0. The summed E-state index contributed by atoms with van der Waals surface area (Å²) in [5.74, 6) is 0. The monoisotopic (exact) mass is 192 g/mol. The van der Waals surface area contributed by atoms with Gasteiger partial charge in [-0.15, -0.1) is 0 Å². The van der Waals surface area contributed by atoms with E-state index in [1.165, 1.54) is 11.6 Å². The number of allylic oxidation sites excluding steroid dienone is 2. The van der Waals surface area contributed by atoms with Crippen LogP contribution in [0.2, 0.25) is 0 Å². The first-order valence-corrected chi connectivity index (χ1v) is 4.61. The largest absolute Gasteiger partial charge is 0.397 e. The van der Waals surface area contributed by atoms with Crippen LogP contribution in [0.4, 0.5) is 5.69 Å². The van der Waals surface area contributed by atoms with Gasteiger partial charge in [-0.1, -0.05) is 11.6 Å². The van der Waals surface area contributed by atoms with Crippen LogP contribution in [0.1, 0.15) is 19.5 Å². The summed E-state index contributed by atoms with van der Waals surface area (Å²) < 4.78 is 1.67. The van der Waals surface area contributed by atoms with E-state index < -0.39 is 0 Å². The van der Waals surface area contributed by atoms with Crippen LogP contribution < -0.4 is 11.3 Å². The number of pyridine rings is 1. The third-order valence-electron chi connectivity index (χ3n) is 2.18. The zero-order valence-electron chi connectivity index (χ0n) is 8.87. The van der Waals surface area contributed by atoms with Crippen molar-refractivity contribution in [1.82, 2.24) is 4.57 Å². The number of hydrogen-bond donors (Lipinski definition) is 1. The van der Waals surface area contributed by atoms with Gasteiger partial charge < -0.3 is 10.3 Å². The Hall–Kier alpha value is -1.51. The average molecular weight is 192 g/mol. The minimum atomic E-state index is -0.00537. The van der Waals surface area contributed by atoms with Crippen molar-refractivity contribution in [2.45, 2.75) is 27.3 Å². The predicted molar refractivity (Wildman–Crippen MR) is 59.3 cm³/mol. The lowest BCUT2D eigenvalue weighted by Gasteiger charge is -2.09. The molecule has 1 heterocycles. The number of nitrogen functional groups attached to an aromatic ring is 1. The molecule has 0 saturated carbocycles. The Bertz CT molecular complexity index is 412. The highest BCUT2D eigenvalue weighted by Gasteiger charge is 2.00. The number of nitrogens with zero attached hydrogens (tertiary/aromatic N) is 1. The van der Waals surface area contributed by atoms with E-state index in [0.29, 0.717) is 12.2 Å². The van der Waals surface area contributed by atoms with E-state index in [4.69, 9.17) is 5.73 Å². The van der Waals surface area contributed by atoms with Crippen LogP contribution in [0.15, 0.2) is 28.6 Å². The van der Waals surface area contributed by atoms with Gasteiger partial charge in [0.15, 0.2) is 0 Å². The van der Waals surface area contributed by atoms with Crippen LogP contribution in [0, 0.1) is 6.92 Å². The van der Waals surface area contributed by atoms with E-state index in [1.807, 2.05) is 26.8 Å². The maximum atomic E-state index is 11.5. The van der Waals surface area contributed by atoms with Crippen molar-refractivity contribution in [2.24, 2.45) is 0 Å². The van der Waals surface area contributed by atoms with Gasteiger partial charge in [-0.3, -0.25) is 4.79 Å². The van der Waals surface area contributed by atoms with E-state index in [2.05, 4.69) is 0 Å². The van der Waals surface area contributed by atoms with E-state index in [0.717, 1.165) is 5.69 Å². The van der Waals surface area contributed by atoms with Gasteiger partial charge in [-0.25, -0.2) is 0 Å². The molecule has 0 aromatic carbocycles. The maximum Gasteiger partial charge on any atom is 0.251 e. The average Bonchev–Trinajstić information content (AvgIpc) is 2.11. The molecule has 14 heavy (non-hydrogen) atoms. The van der Waals surface area contributed by atoms with Crippen molar-refractivity contribution < 1.29 is 0 Å². The SMILES string of the molecule is CC(C)=CCn1c(C)c(N)ccc1=O. The molecular weight excluding hydrogens is 176 g/mol. The molecule has 0 fully saturated rings. The van der Waals surface area contributed by atoms with Gasteiger partial charge in [0.1, 0.15) is 0 Å². The molecule has 1 rings (SSSR count). The minimum absolute atomic E-state index is 0.00537. The standard InChI is InChI=1S/C11H16N2O/c1-8(2)6-7-13-9(3)10(12)4-5-11(13)14/h4-6H,7,12H2,1-3H3. The molecule has 3 nitrogen and oxygen atoms in total. The smallest absolute Gasteiger partial charge is 0.251 e. The summed E-state index contributed by atoms with van der Waals surface area (Å²) in [6.07, 6.45) is 2.01. The molecule has 76 valence electrons. The van der Waals surface area contributed by atoms with Crippen LogP contribution in [0.25, 0.3) is 0 Å². The summed E-state index contributed by atoms with van der Waals surface area (Å²) in [5.41, 5.74) is 8.39. The third kappa shape index (κ3) is 2.25. The van der Waals surface area contributed by atoms with Crippen LogP contribution in [-0.4, -0.2) is 4.57 Å². The normalized spacial score (nSPS) is 9.93. The molecule has 0 spiro atoms. The van der Waals surface area contributed by atoms with E-state index in [-0.39, 0.29) is 5.56 Å². The Balaban J connectivity index is 3.14. The van der Waals surface area contributed by atoms with Gasteiger partial charge in [-0.2, -0.15) is 0 Å². The minimum Gasteiger partial charge on any atom is -0.397 e. The molecule has 0 aliphatic rings. The van der Waals surface area contributed by atoms with E-state index in [1.54, 1.807) is 10.6 Å². The van der Waals surface area contributed by atoms with Crippen LogP contribution in [0.3, 0.4) is 0 Å². The van der Waals surface area contributed by atoms with Crippen LogP contribution >= 0.6 is 0 Å². The van der Waals surface area contributed by atoms with Crippen molar-refractivity contribution in [1.29, 1.82) is 0 Å². The van der Waals surface area contributed by atoms with Gasteiger partial charge >= 0.3 is 0 Å². The Labute approximate surface area is 83.9 Å². The second-order valence-corrected chi connectivity index (χ2v) is 3.60. The fourth-order valence-electron chi connectivity index (χ4n) is 1.19. The number of rotatable bonds is 2. The molecule has 0 aliphatic carbocycles. The lowest BCUT2D eigenvalue weighted by molar-refractivity contribution is 0.746. The summed E-state index contributed by atoms with van der Waals surface area (Å²) in [6.45, 7) is 6.47. The first-order valence-electron chi connectivity index (χ1n) is 4.61. The van der Waals surface area contributed by atoms with E-state index in [9.17, 15) is 4.79 Å². The third-order valence-corrected chi connectivity index (χ3v) is 2.18. The van der Waals surface area contributed by atoms with Gasteiger partial charge in [0.05, 0.1) is 5.69 Å². The Morgan fingerprint density at radius 1 is 1.50 bits per heavy atom. The topological polar surface area (TPSA) is 48.0 Å². The zero-order chi connectivity index (χ0) is 10.7. The second kappa shape index (κ2) is 4.13. The molecule has 3 heteroatoms. The lowest BCUT2D eigenvalue weighted by atomic mass is 10.3. The summed E-state index contributed by atoms with van der Waals surface area (Å²) >= 11 is 0. The zero-order valence-corrected chi connectivity index (χ0v) is 8.87. The molecule has 2 N–H and O–H groups in total. The summed E-state index contributed by atoms with van der Waals surface area (Å²) in [4.78, 5) is 11.5. The lowest BCUT2D eigenvalue weighted by Crippen LogP contribution is -2.21. The van der Waals surface area contributed by atoms with Crippen molar-refractivity contribution in [2.75, 3.05) is 5.73 Å². The van der Waals surface area contributed by atoms with E-state index >= 15 is 0 Å². The van der Waals surface area contributed by atoms with Gasteiger partial charge in [0.25, 0.3) is 5.56 Å². The van der Waals surface area contributed by atoms with Crippen LogP contribution in [0.5, 0.6) is 0 Å². The highest BCUT2D eigenvalue weighted by molar-refractivity contribution is 5.41. The van der Waals surface area contributed by atoms with Crippen molar-refractivity contribution in [3.05, 3.63) is 39.8 Å². The van der Waals surface area contributed by atoms with Crippen molar-refractivity contribution >= 4 is 5.69 Å². The molecular formula is C11H16N2O. The Morgan fingerprint density at radius 2 is 2.14 bits per heavy atom. The highest BCUT2D eigenvalue weighted by atomic mass is 16.1. The molecule has 1 aromatic rings. The van der Waals surface area contributed by atoms with Crippen LogP contribution in [-0.2, 0) is 6.54 Å². The van der Waals surface area contributed by atoms with Gasteiger partial charge in [0.2, 0.25) is 0 Å². The molecule has 0 aliphatic heterocycles. The van der Waals surface area contributed by atoms with Crippen molar-refractivity contribution in [3.8, 4) is 0 Å². The van der Waals surface area contributed by atoms with Crippen molar-refractivity contribution in [3.63, 3.8) is 0 Å². The molecule has 1 aromatic heterocycles. The number of nitrogens with two attached hydrogens (primary N) is 1. The maximum absolute atomic E-state index is 11.5. The molecule has 0 amide bonds. The Morgan fingerprint density at radius 3 is 2.71 bits per heavy atom. The quantitative estimate of drug-likeness (QED) is 0.725. The molecule has 0 unspecified atom stereocenters. The predicted octanol–water partition coefficient (Wildman–Crippen LogP) is 1.71. The fourth-order valence-corrected chi connectivity index (χ4v) is 1.19. The second-order valence-electron chi connectivity index (χ2n) is 3.60. The van der Waals surface area contributed by atoms with Gasteiger partial charge in [0, 0.05) is 18.3 Å². The highest BCUT2D eigenvalue weighted by Crippen LogP contribution is 2.06. The first kappa shape index (κ1) is 10.6.